The average molecular weight is 221 g/mol. The van der Waals surface area contributed by atoms with E-state index in [2.05, 4.69) is 5.16 Å². The van der Waals surface area contributed by atoms with Gasteiger partial charge in [0, 0.05) is 6.54 Å². The van der Waals surface area contributed by atoms with Crippen LogP contribution in [-0.2, 0) is 0 Å². The van der Waals surface area contributed by atoms with Gasteiger partial charge in [0.15, 0.2) is 5.58 Å². The van der Waals surface area contributed by atoms with E-state index in [1.807, 2.05) is 0 Å². The smallest absolute Gasteiger partial charge is 0.262 e. The van der Waals surface area contributed by atoms with Crippen molar-refractivity contribution in [1.82, 2.24) is 5.16 Å². The summed E-state index contributed by atoms with van der Waals surface area (Å²) in [7, 11) is 0. The molecule has 0 saturated heterocycles. The maximum atomic E-state index is 11.1. The molecule has 0 saturated carbocycles. The summed E-state index contributed by atoms with van der Waals surface area (Å²) in [4.78, 5) is 11.1. The van der Waals surface area contributed by atoms with Crippen LogP contribution < -0.4 is 16.2 Å². The molecule has 0 spiro atoms. The number of nitrogens with zero attached hydrogens (tertiary/aromatic N) is 1. The largest absolute Gasteiger partial charge is 0.474 e. The number of hydrogen-bond acceptors (Lipinski definition) is 5. The quantitative estimate of drug-likeness (QED) is 0.770. The van der Waals surface area contributed by atoms with Gasteiger partial charge in [0.1, 0.15) is 6.61 Å². The molecule has 0 atom stereocenters. The molecule has 0 bridgehead atoms. The molecule has 1 heterocycles. The number of para-hydroxylation sites is 1. The Bertz CT molecular complexity index is 521. The average Bonchev–Trinajstić information content (AvgIpc) is 2.69. The highest BCUT2D eigenvalue weighted by atomic mass is 16.5. The molecule has 16 heavy (non-hydrogen) atoms. The molecular weight excluding hydrogens is 210 g/mol. The lowest BCUT2D eigenvalue weighted by Crippen LogP contribution is -2.11. The number of carbonyl (C=O) groups excluding carboxylic acids is 1. The Balaban J connectivity index is 2.48. The van der Waals surface area contributed by atoms with Crippen LogP contribution in [0.5, 0.6) is 5.88 Å². The van der Waals surface area contributed by atoms with E-state index < -0.39 is 5.91 Å². The van der Waals surface area contributed by atoms with Crippen molar-refractivity contribution in [2.75, 3.05) is 13.2 Å². The van der Waals surface area contributed by atoms with Crippen molar-refractivity contribution in [3.05, 3.63) is 23.8 Å². The first kappa shape index (κ1) is 10.4. The summed E-state index contributed by atoms with van der Waals surface area (Å²) in [6, 6.07) is 5.00. The number of primary amides is 1. The van der Waals surface area contributed by atoms with Gasteiger partial charge in [-0.1, -0.05) is 6.07 Å². The van der Waals surface area contributed by atoms with Gasteiger partial charge in [0.05, 0.1) is 10.9 Å². The molecule has 0 radical (unpaired) electrons. The number of rotatable bonds is 4. The van der Waals surface area contributed by atoms with E-state index in [1.54, 1.807) is 18.2 Å². The third kappa shape index (κ3) is 1.70. The molecule has 6 nitrogen and oxygen atoms in total. The Morgan fingerprint density at radius 2 is 2.31 bits per heavy atom. The lowest BCUT2D eigenvalue weighted by Gasteiger charge is -1.99. The molecule has 0 aliphatic rings. The summed E-state index contributed by atoms with van der Waals surface area (Å²) in [6.45, 7) is 0.715. The molecule has 1 aromatic heterocycles. The minimum Gasteiger partial charge on any atom is -0.474 e. The zero-order valence-corrected chi connectivity index (χ0v) is 8.47. The third-order valence-corrected chi connectivity index (χ3v) is 2.09. The fourth-order valence-electron chi connectivity index (χ4n) is 1.39. The van der Waals surface area contributed by atoms with Crippen LogP contribution in [0, 0.1) is 0 Å². The third-order valence-electron chi connectivity index (χ3n) is 2.09. The van der Waals surface area contributed by atoms with Crippen molar-refractivity contribution < 1.29 is 14.1 Å². The van der Waals surface area contributed by atoms with Crippen molar-refractivity contribution in [2.24, 2.45) is 11.5 Å². The van der Waals surface area contributed by atoms with E-state index in [0.29, 0.717) is 30.0 Å². The van der Waals surface area contributed by atoms with Crippen LogP contribution in [0.1, 0.15) is 10.4 Å². The summed E-state index contributed by atoms with van der Waals surface area (Å²) in [5.74, 6) is -0.240. The molecule has 0 fully saturated rings. The lowest BCUT2D eigenvalue weighted by molar-refractivity contribution is 0.100. The van der Waals surface area contributed by atoms with E-state index in [0.717, 1.165) is 0 Å². The summed E-state index contributed by atoms with van der Waals surface area (Å²) >= 11 is 0. The maximum absolute atomic E-state index is 11.1. The normalized spacial score (nSPS) is 10.6. The number of hydrogen-bond donors (Lipinski definition) is 2. The minimum absolute atomic E-state index is 0.285. The monoisotopic (exact) mass is 221 g/mol. The molecule has 1 amide bonds. The SMILES string of the molecule is NCCOc1noc2c(C(N)=O)cccc12. The number of nitrogens with two attached hydrogens (primary N) is 2. The summed E-state index contributed by atoms with van der Waals surface area (Å²) < 4.78 is 10.3. The van der Waals surface area contributed by atoms with Crippen LogP contribution >= 0.6 is 0 Å². The molecule has 2 aromatic rings. The number of amides is 1. The molecule has 0 aliphatic heterocycles. The molecule has 0 aliphatic carbocycles. The number of ether oxygens (including phenoxy) is 1. The van der Waals surface area contributed by atoms with Gasteiger partial charge in [-0.25, -0.2) is 0 Å². The van der Waals surface area contributed by atoms with Gasteiger partial charge in [-0.05, 0) is 17.3 Å². The second-order valence-electron chi connectivity index (χ2n) is 3.17. The molecule has 84 valence electrons. The molecule has 6 heteroatoms. The first-order valence-electron chi connectivity index (χ1n) is 4.75. The van der Waals surface area contributed by atoms with E-state index in [4.69, 9.17) is 20.7 Å². The highest BCUT2D eigenvalue weighted by Crippen LogP contribution is 2.27. The van der Waals surface area contributed by atoms with Crippen molar-refractivity contribution in [2.45, 2.75) is 0 Å². The van der Waals surface area contributed by atoms with E-state index in [-0.39, 0.29) is 5.56 Å². The Morgan fingerprint density at radius 3 is 3.00 bits per heavy atom. The van der Waals surface area contributed by atoms with Crippen LogP contribution in [0.25, 0.3) is 11.0 Å². The Hall–Kier alpha value is -2.08. The first-order chi connectivity index (χ1) is 7.74. The number of carbonyl (C=O) groups is 1. The fourth-order valence-corrected chi connectivity index (χ4v) is 1.39. The van der Waals surface area contributed by atoms with Gasteiger partial charge in [0.25, 0.3) is 11.8 Å². The van der Waals surface area contributed by atoms with Gasteiger partial charge in [-0.3, -0.25) is 4.79 Å². The lowest BCUT2D eigenvalue weighted by atomic mass is 10.1. The van der Waals surface area contributed by atoms with Crippen molar-refractivity contribution in [3.63, 3.8) is 0 Å². The van der Waals surface area contributed by atoms with Crippen LogP contribution in [0.4, 0.5) is 0 Å². The van der Waals surface area contributed by atoms with Crippen molar-refractivity contribution >= 4 is 16.9 Å². The topological polar surface area (TPSA) is 104 Å². The van der Waals surface area contributed by atoms with Crippen LogP contribution in [0.2, 0.25) is 0 Å². The Labute approximate surface area is 91.1 Å². The Morgan fingerprint density at radius 1 is 1.50 bits per heavy atom. The first-order valence-corrected chi connectivity index (χ1v) is 4.75. The number of benzene rings is 1. The van der Waals surface area contributed by atoms with Crippen molar-refractivity contribution in [3.8, 4) is 5.88 Å². The van der Waals surface area contributed by atoms with E-state index >= 15 is 0 Å². The van der Waals surface area contributed by atoms with Crippen LogP contribution in [0.3, 0.4) is 0 Å². The van der Waals surface area contributed by atoms with Gasteiger partial charge >= 0.3 is 0 Å². The van der Waals surface area contributed by atoms with Crippen molar-refractivity contribution in [1.29, 1.82) is 0 Å². The zero-order valence-electron chi connectivity index (χ0n) is 8.47. The van der Waals surface area contributed by atoms with Crippen LogP contribution in [-0.4, -0.2) is 24.2 Å². The summed E-state index contributed by atoms with van der Waals surface area (Å²) in [5, 5.41) is 4.33. The molecular formula is C10H11N3O3. The standard InChI is InChI=1S/C10H11N3O3/c11-4-5-15-10-7-3-1-2-6(9(12)14)8(7)16-13-10/h1-3H,4-5,11H2,(H2,12,14). The maximum Gasteiger partial charge on any atom is 0.262 e. The summed E-state index contributed by atoms with van der Waals surface area (Å²) in [6.07, 6.45) is 0. The molecule has 1 aromatic carbocycles. The molecule has 4 N–H and O–H groups in total. The number of aromatic nitrogens is 1. The van der Waals surface area contributed by atoms with Gasteiger partial charge in [0.2, 0.25) is 0 Å². The second-order valence-corrected chi connectivity index (χ2v) is 3.17. The van der Waals surface area contributed by atoms with Gasteiger partial charge in [-0.2, -0.15) is 0 Å². The van der Waals surface area contributed by atoms with E-state index in [9.17, 15) is 4.79 Å². The fraction of sp³-hybridized carbons (Fsp3) is 0.200. The predicted molar refractivity (Wildman–Crippen MR) is 57.1 cm³/mol. The zero-order chi connectivity index (χ0) is 11.5. The predicted octanol–water partition coefficient (Wildman–Crippen LogP) is 0.264. The Kier molecular flexibility index (Phi) is 2.74. The highest BCUT2D eigenvalue weighted by Gasteiger charge is 2.15. The number of fused-ring (bicyclic) bond motifs is 1. The second kappa shape index (κ2) is 4.19. The van der Waals surface area contributed by atoms with Crippen LogP contribution in [0.15, 0.2) is 22.7 Å². The van der Waals surface area contributed by atoms with Gasteiger partial charge < -0.3 is 20.7 Å². The molecule has 0 unspecified atom stereocenters. The molecule has 2 rings (SSSR count). The highest BCUT2D eigenvalue weighted by molar-refractivity contribution is 6.04. The minimum atomic E-state index is -0.563. The van der Waals surface area contributed by atoms with Gasteiger partial charge in [-0.15, -0.1) is 0 Å². The van der Waals surface area contributed by atoms with E-state index in [1.165, 1.54) is 0 Å². The summed E-state index contributed by atoms with van der Waals surface area (Å²) in [5.41, 5.74) is 11.1.